The molecule has 4 amide bonds. The molecule has 0 atom stereocenters. The first-order valence-corrected chi connectivity index (χ1v) is 11.3. The SMILES string of the molecule is CN(CC(=O)Nc1ccc(N2CCN(C(=O)NC(C)(C)C)CC2)cc1)C(=O)c1ccccc1F. The summed E-state index contributed by atoms with van der Waals surface area (Å²) in [5, 5.41) is 5.75. The molecule has 0 unspecified atom stereocenters. The molecule has 1 saturated heterocycles. The number of amides is 4. The van der Waals surface area contributed by atoms with Crippen LogP contribution in [0.5, 0.6) is 0 Å². The van der Waals surface area contributed by atoms with Gasteiger partial charge in [-0.15, -0.1) is 0 Å². The molecule has 3 rings (SSSR count). The Morgan fingerprint density at radius 3 is 2.18 bits per heavy atom. The molecule has 1 aliphatic rings. The maximum Gasteiger partial charge on any atom is 0.317 e. The summed E-state index contributed by atoms with van der Waals surface area (Å²) < 4.78 is 13.8. The summed E-state index contributed by atoms with van der Waals surface area (Å²) in [6, 6.07) is 13.0. The lowest BCUT2D eigenvalue weighted by Crippen LogP contribution is -2.55. The van der Waals surface area contributed by atoms with Crippen LogP contribution in [0.4, 0.5) is 20.6 Å². The van der Waals surface area contributed by atoms with Crippen molar-refractivity contribution in [1.82, 2.24) is 15.1 Å². The lowest BCUT2D eigenvalue weighted by Gasteiger charge is -2.37. The highest BCUT2D eigenvalue weighted by Crippen LogP contribution is 2.20. The third-order valence-corrected chi connectivity index (χ3v) is 5.40. The lowest BCUT2D eigenvalue weighted by molar-refractivity contribution is -0.116. The number of hydrogen-bond acceptors (Lipinski definition) is 4. The van der Waals surface area contributed by atoms with Gasteiger partial charge in [0, 0.05) is 50.1 Å². The quantitative estimate of drug-likeness (QED) is 0.705. The Morgan fingerprint density at radius 1 is 0.971 bits per heavy atom. The van der Waals surface area contributed by atoms with E-state index in [1.54, 1.807) is 18.2 Å². The number of rotatable bonds is 5. The molecule has 0 aliphatic carbocycles. The van der Waals surface area contributed by atoms with Crippen LogP contribution in [0.2, 0.25) is 0 Å². The number of benzene rings is 2. The first-order valence-electron chi connectivity index (χ1n) is 11.3. The Balaban J connectivity index is 1.49. The Kier molecular flexibility index (Phi) is 7.75. The normalized spacial score (nSPS) is 13.9. The fourth-order valence-electron chi connectivity index (χ4n) is 3.65. The molecule has 0 bridgehead atoms. The van der Waals surface area contributed by atoms with E-state index in [1.807, 2.05) is 37.8 Å². The van der Waals surface area contributed by atoms with Crippen LogP contribution >= 0.6 is 0 Å². The van der Waals surface area contributed by atoms with E-state index < -0.39 is 11.7 Å². The van der Waals surface area contributed by atoms with Crippen molar-refractivity contribution in [3.63, 3.8) is 0 Å². The van der Waals surface area contributed by atoms with E-state index >= 15 is 0 Å². The third-order valence-electron chi connectivity index (χ3n) is 5.40. The van der Waals surface area contributed by atoms with Gasteiger partial charge in [0.25, 0.3) is 5.91 Å². The summed E-state index contributed by atoms with van der Waals surface area (Å²) in [4.78, 5) is 42.3. The fraction of sp³-hybridized carbons (Fsp3) is 0.400. The topological polar surface area (TPSA) is 85.0 Å². The maximum absolute atomic E-state index is 13.8. The van der Waals surface area contributed by atoms with Crippen molar-refractivity contribution in [2.24, 2.45) is 0 Å². The molecule has 2 aromatic carbocycles. The smallest absolute Gasteiger partial charge is 0.317 e. The van der Waals surface area contributed by atoms with Gasteiger partial charge in [-0.2, -0.15) is 0 Å². The summed E-state index contributed by atoms with van der Waals surface area (Å²) in [7, 11) is 1.46. The van der Waals surface area contributed by atoms with Gasteiger partial charge >= 0.3 is 6.03 Å². The van der Waals surface area contributed by atoms with Crippen LogP contribution in [-0.4, -0.2) is 73.0 Å². The van der Waals surface area contributed by atoms with Gasteiger partial charge in [0.1, 0.15) is 5.82 Å². The van der Waals surface area contributed by atoms with Crippen LogP contribution in [0.3, 0.4) is 0 Å². The van der Waals surface area contributed by atoms with Gasteiger partial charge in [0.15, 0.2) is 0 Å². The van der Waals surface area contributed by atoms with E-state index in [-0.39, 0.29) is 29.6 Å². The molecule has 1 aliphatic heterocycles. The minimum Gasteiger partial charge on any atom is -0.368 e. The highest BCUT2D eigenvalue weighted by molar-refractivity contribution is 5.99. The first kappa shape index (κ1) is 25.0. The van der Waals surface area contributed by atoms with Gasteiger partial charge in [-0.05, 0) is 57.2 Å². The summed E-state index contributed by atoms with van der Waals surface area (Å²) in [6.07, 6.45) is 0. The van der Waals surface area contributed by atoms with Gasteiger partial charge in [-0.3, -0.25) is 9.59 Å². The number of nitrogens with one attached hydrogen (secondary N) is 2. The maximum atomic E-state index is 13.8. The second-order valence-electron chi connectivity index (χ2n) is 9.39. The van der Waals surface area contributed by atoms with Crippen molar-refractivity contribution in [3.8, 4) is 0 Å². The molecular weight excluding hydrogens is 437 g/mol. The van der Waals surface area contributed by atoms with E-state index in [1.165, 1.54) is 30.1 Å². The second kappa shape index (κ2) is 10.5. The minimum atomic E-state index is -0.619. The van der Waals surface area contributed by atoms with Crippen molar-refractivity contribution in [2.75, 3.05) is 50.0 Å². The predicted molar refractivity (Wildman–Crippen MR) is 131 cm³/mol. The van der Waals surface area contributed by atoms with Crippen molar-refractivity contribution >= 4 is 29.2 Å². The Labute approximate surface area is 199 Å². The van der Waals surface area contributed by atoms with Crippen molar-refractivity contribution in [1.29, 1.82) is 0 Å². The second-order valence-corrected chi connectivity index (χ2v) is 9.39. The van der Waals surface area contributed by atoms with Crippen LogP contribution in [0.15, 0.2) is 48.5 Å². The summed E-state index contributed by atoms with van der Waals surface area (Å²) in [5.41, 5.74) is 1.26. The van der Waals surface area contributed by atoms with Crippen LogP contribution in [-0.2, 0) is 4.79 Å². The molecule has 0 radical (unpaired) electrons. The van der Waals surface area contributed by atoms with Crippen LogP contribution in [0, 0.1) is 5.82 Å². The zero-order valence-corrected chi connectivity index (χ0v) is 20.1. The molecule has 0 aromatic heterocycles. The largest absolute Gasteiger partial charge is 0.368 e. The molecule has 34 heavy (non-hydrogen) atoms. The molecule has 1 fully saturated rings. The number of halogens is 1. The first-order chi connectivity index (χ1) is 16.0. The van der Waals surface area contributed by atoms with Gasteiger partial charge in [0.05, 0.1) is 12.1 Å². The number of nitrogens with zero attached hydrogens (tertiary/aromatic N) is 3. The number of piperazine rings is 1. The van der Waals surface area contributed by atoms with E-state index in [4.69, 9.17) is 0 Å². The Hall–Kier alpha value is -3.62. The molecule has 182 valence electrons. The number of likely N-dealkylation sites (N-methyl/N-ethyl adjacent to an activating group) is 1. The third kappa shape index (κ3) is 6.69. The van der Waals surface area contributed by atoms with Crippen molar-refractivity contribution in [3.05, 3.63) is 59.9 Å². The van der Waals surface area contributed by atoms with Gasteiger partial charge in [-0.1, -0.05) is 12.1 Å². The Bertz CT molecular complexity index is 1030. The summed E-state index contributed by atoms with van der Waals surface area (Å²) in [5.74, 6) is -1.55. The highest BCUT2D eigenvalue weighted by atomic mass is 19.1. The molecule has 2 N–H and O–H groups in total. The van der Waals surface area contributed by atoms with Crippen molar-refractivity contribution in [2.45, 2.75) is 26.3 Å². The highest BCUT2D eigenvalue weighted by Gasteiger charge is 2.24. The van der Waals surface area contributed by atoms with Gasteiger partial charge < -0.3 is 25.3 Å². The van der Waals surface area contributed by atoms with Crippen LogP contribution < -0.4 is 15.5 Å². The number of anilines is 2. The number of hydrogen-bond donors (Lipinski definition) is 2. The Morgan fingerprint density at radius 2 is 1.59 bits per heavy atom. The predicted octanol–water partition coefficient (Wildman–Crippen LogP) is 3.17. The zero-order valence-electron chi connectivity index (χ0n) is 20.1. The molecular formula is C25H32FN5O3. The van der Waals surface area contributed by atoms with E-state index in [0.29, 0.717) is 31.9 Å². The van der Waals surface area contributed by atoms with Crippen molar-refractivity contribution < 1.29 is 18.8 Å². The van der Waals surface area contributed by atoms with Gasteiger partial charge in [0.2, 0.25) is 5.91 Å². The summed E-state index contributed by atoms with van der Waals surface area (Å²) >= 11 is 0. The average molecular weight is 470 g/mol. The number of carbonyl (C=O) groups is 3. The van der Waals surface area contributed by atoms with E-state index in [9.17, 15) is 18.8 Å². The molecule has 8 nitrogen and oxygen atoms in total. The molecule has 2 aromatic rings. The average Bonchev–Trinajstić information content (AvgIpc) is 2.78. The summed E-state index contributed by atoms with van der Waals surface area (Å²) in [6.45, 7) is 8.36. The number of carbonyl (C=O) groups excluding carboxylic acids is 3. The van der Waals surface area contributed by atoms with Gasteiger partial charge in [-0.25, -0.2) is 9.18 Å². The minimum absolute atomic E-state index is 0.0522. The van der Waals surface area contributed by atoms with E-state index in [2.05, 4.69) is 15.5 Å². The standard InChI is InChI=1S/C25H32FN5O3/c1-25(2,3)28-24(34)31-15-13-30(14-16-31)19-11-9-18(10-12-19)27-22(32)17-29(4)23(33)20-7-5-6-8-21(20)26/h5-12H,13-17H2,1-4H3,(H,27,32)(H,28,34). The number of urea groups is 1. The van der Waals surface area contributed by atoms with E-state index in [0.717, 1.165) is 5.69 Å². The van der Waals surface area contributed by atoms with Crippen LogP contribution in [0.1, 0.15) is 31.1 Å². The zero-order chi connectivity index (χ0) is 24.9. The van der Waals surface area contributed by atoms with Crippen LogP contribution in [0.25, 0.3) is 0 Å². The molecule has 9 heteroatoms. The molecule has 0 saturated carbocycles. The monoisotopic (exact) mass is 469 g/mol. The lowest BCUT2D eigenvalue weighted by atomic mass is 10.1. The fourth-order valence-corrected chi connectivity index (χ4v) is 3.65. The molecule has 0 spiro atoms. The molecule has 1 heterocycles.